The molecule has 1 aromatic carbocycles. The zero-order valence-corrected chi connectivity index (χ0v) is 9.07. The molecule has 0 saturated heterocycles. The van der Waals surface area contributed by atoms with E-state index >= 15 is 0 Å². The number of rotatable bonds is 3. The molecule has 0 aliphatic rings. The highest BCUT2D eigenvalue weighted by atomic mass is 35.5. The van der Waals surface area contributed by atoms with E-state index in [0.29, 0.717) is 0 Å². The molecular formula is C9H6Cl2F2O2. The van der Waals surface area contributed by atoms with Crippen LogP contribution in [0.1, 0.15) is 10.4 Å². The highest BCUT2D eigenvalue weighted by Crippen LogP contribution is 2.34. The first-order chi connectivity index (χ1) is 6.97. The highest BCUT2D eigenvalue weighted by Gasteiger charge is 2.20. The van der Waals surface area contributed by atoms with Crippen molar-refractivity contribution in [3.63, 3.8) is 0 Å². The topological polar surface area (TPSA) is 26.3 Å². The van der Waals surface area contributed by atoms with E-state index in [1.807, 2.05) is 0 Å². The first-order valence-corrected chi connectivity index (χ1v) is 4.58. The molecule has 6 heteroatoms. The standard InChI is InChI=1S/C9H6Cl2F2O2/c1-15-8-5(10)2-4(3-6(8)11)7(14)9(12)13/h2-3,9H,1H3. The summed E-state index contributed by atoms with van der Waals surface area (Å²) < 4.78 is 29.0. The summed E-state index contributed by atoms with van der Waals surface area (Å²) in [5.74, 6) is -1.16. The van der Waals surface area contributed by atoms with Crippen LogP contribution in [0.15, 0.2) is 12.1 Å². The minimum atomic E-state index is -3.08. The van der Waals surface area contributed by atoms with Crippen LogP contribution in [0.3, 0.4) is 0 Å². The number of halogens is 4. The molecule has 1 rings (SSSR count). The van der Waals surface area contributed by atoms with Crippen LogP contribution in [-0.4, -0.2) is 19.3 Å². The van der Waals surface area contributed by atoms with Gasteiger partial charge < -0.3 is 4.74 Å². The molecule has 2 nitrogen and oxygen atoms in total. The number of hydrogen-bond donors (Lipinski definition) is 0. The molecular weight excluding hydrogens is 249 g/mol. The second-order valence-corrected chi connectivity index (χ2v) is 3.45. The Balaban J connectivity index is 3.20. The van der Waals surface area contributed by atoms with Gasteiger partial charge in [-0.2, -0.15) is 0 Å². The van der Waals surface area contributed by atoms with Gasteiger partial charge in [0.1, 0.15) is 0 Å². The van der Waals surface area contributed by atoms with Crippen molar-refractivity contribution in [3.8, 4) is 5.75 Å². The van der Waals surface area contributed by atoms with Gasteiger partial charge in [0.05, 0.1) is 17.2 Å². The molecule has 0 bridgehead atoms. The maximum absolute atomic E-state index is 12.1. The molecule has 0 amide bonds. The summed E-state index contributed by atoms with van der Waals surface area (Å²) in [4.78, 5) is 10.9. The smallest absolute Gasteiger partial charge is 0.300 e. The Morgan fingerprint density at radius 1 is 1.33 bits per heavy atom. The number of ether oxygens (including phenoxy) is 1. The number of alkyl halides is 2. The average molecular weight is 255 g/mol. The monoisotopic (exact) mass is 254 g/mol. The molecule has 0 fully saturated rings. The van der Waals surface area contributed by atoms with Gasteiger partial charge in [0.15, 0.2) is 5.75 Å². The van der Waals surface area contributed by atoms with E-state index in [1.54, 1.807) is 0 Å². The highest BCUT2D eigenvalue weighted by molar-refractivity contribution is 6.37. The van der Waals surface area contributed by atoms with Gasteiger partial charge >= 0.3 is 6.43 Å². The number of benzene rings is 1. The SMILES string of the molecule is COc1c(Cl)cc(C(=O)C(F)F)cc1Cl. The van der Waals surface area contributed by atoms with Crippen LogP contribution in [0.5, 0.6) is 5.75 Å². The van der Waals surface area contributed by atoms with E-state index in [0.717, 1.165) is 12.1 Å². The van der Waals surface area contributed by atoms with E-state index in [9.17, 15) is 13.6 Å². The molecule has 82 valence electrons. The predicted molar refractivity (Wildman–Crippen MR) is 53.3 cm³/mol. The van der Waals surface area contributed by atoms with Crippen molar-refractivity contribution in [1.29, 1.82) is 0 Å². The van der Waals surface area contributed by atoms with E-state index < -0.39 is 12.2 Å². The Bertz CT molecular complexity index is 371. The third-order valence-electron chi connectivity index (χ3n) is 1.69. The summed E-state index contributed by atoms with van der Waals surface area (Å²) in [6.07, 6.45) is -3.08. The quantitative estimate of drug-likeness (QED) is 0.773. The van der Waals surface area contributed by atoms with E-state index in [2.05, 4.69) is 0 Å². The van der Waals surface area contributed by atoms with Crippen LogP contribution in [0, 0.1) is 0 Å². The predicted octanol–water partition coefficient (Wildman–Crippen LogP) is 3.45. The molecule has 0 aliphatic heterocycles. The van der Waals surface area contributed by atoms with Crippen LogP contribution in [-0.2, 0) is 0 Å². The van der Waals surface area contributed by atoms with Crippen LogP contribution < -0.4 is 4.74 Å². The maximum atomic E-state index is 12.1. The van der Waals surface area contributed by atoms with E-state index in [1.165, 1.54) is 7.11 Å². The number of hydrogen-bond acceptors (Lipinski definition) is 2. The lowest BCUT2D eigenvalue weighted by atomic mass is 10.1. The first kappa shape index (κ1) is 12.2. The Hall–Kier alpha value is -0.870. The molecule has 0 aromatic heterocycles. The van der Waals surface area contributed by atoms with Crippen molar-refractivity contribution in [2.45, 2.75) is 6.43 Å². The van der Waals surface area contributed by atoms with E-state index in [-0.39, 0.29) is 21.4 Å². The Morgan fingerprint density at radius 3 is 2.13 bits per heavy atom. The lowest BCUT2D eigenvalue weighted by Crippen LogP contribution is -2.10. The summed E-state index contributed by atoms with van der Waals surface area (Å²) in [7, 11) is 1.34. The number of carbonyl (C=O) groups is 1. The molecule has 0 heterocycles. The third-order valence-corrected chi connectivity index (χ3v) is 2.25. The Morgan fingerprint density at radius 2 is 1.80 bits per heavy atom. The Kier molecular flexibility index (Phi) is 3.88. The van der Waals surface area contributed by atoms with Crippen molar-refractivity contribution in [3.05, 3.63) is 27.7 Å². The molecule has 15 heavy (non-hydrogen) atoms. The largest absolute Gasteiger partial charge is 0.494 e. The van der Waals surface area contributed by atoms with Gasteiger partial charge in [-0.3, -0.25) is 4.79 Å². The minimum Gasteiger partial charge on any atom is -0.494 e. The number of ketones is 1. The molecule has 0 atom stereocenters. The molecule has 0 unspecified atom stereocenters. The zero-order valence-electron chi connectivity index (χ0n) is 7.56. The van der Waals surface area contributed by atoms with Gasteiger partial charge in [0, 0.05) is 5.56 Å². The number of Topliss-reactive ketones (excluding diaryl/α,β-unsaturated/α-hetero) is 1. The van der Waals surface area contributed by atoms with Gasteiger partial charge in [-0.15, -0.1) is 0 Å². The summed E-state index contributed by atoms with van der Waals surface area (Å²) in [5.41, 5.74) is -0.235. The normalized spacial score (nSPS) is 10.5. The van der Waals surface area contributed by atoms with Crippen molar-refractivity contribution in [2.75, 3.05) is 7.11 Å². The van der Waals surface area contributed by atoms with Gasteiger partial charge in [0.2, 0.25) is 5.78 Å². The third kappa shape index (κ3) is 2.58. The second-order valence-electron chi connectivity index (χ2n) is 2.64. The van der Waals surface area contributed by atoms with Gasteiger partial charge in [-0.25, -0.2) is 8.78 Å². The van der Waals surface area contributed by atoms with Crippen LogP contribution in [0.2, 0.25) is 10.0 Å². The second kappa shape index (κ2) is 4.77. The fourth-order valence-electron chi connectivity index (χ4n) is 1.02. The summed E-state index contributed by atoms with van der Waals surface area (Å²) >= 11 is 11.4. The fraction of sp³-hybridized carbons (Fsp3) is 0.222. The number of methoxy groups -OCH3 is 1. The van der Waals surface area contributed by atoms with Crippen LogP contribution in [0.25, 0.3) is 0 Å². The van der Waals surface area contributed by atoms with Crippen molar-refractivity contribution < 1.29 is 18.3 Å². The van der Waals surface area contributed by atoms with E-state index in [4.69, 9.17) is 27.9 Å². The fourth-order valence-corrected chi connectivity index (χ4v) is 1.66. The lowest BCUT2D eigenvalue weighted by molar-refractivity contribution is 0.0678. The average Bonchev–Trinajstić information content (AvgIpc) is 2.15. The minimum absolute atomic E-state index is 0.0222. The molecule has 0 aliphatic carbocycles. The maximum Gasteiger partial charge on any atom is 0.300 e. The van der Waals surface area contributed by atoms with Gasteiger partial charge in [0.25, 0.3) is 0 Å². The summed E-state index contributed by atoms with van der Waals surface area (Å²) in [6, 6.07) is 2.20. The molecule has 1 aromatic rings. The zero-order chi connectivity index (χ0) is 11.6. The first-order valence-electron chi connectivity index (χ1n) is 3.82. The lowest BCUT2D eigenvalue weighted by Gasteiger charge is -2.07. The molecule has 0 saturated carbocycles. The van der Waals surface area contributed by atoms with Crippen molar-refractivity contribution >= 4 is 29.0 Å². The van der Waals surface area contributed by atoms with Crippen molar-refractivity contribution in [1.82, 2.24) is 0 Å². The van der Waals surface area contributed by atoms with Crippen molar-refractivity contribution in [2.24, 2.45) is 0 Å². The number of carbonyl (C=O) groups excluding carboxylic acids is 1. The Labute approximate surface area is 94.7 Å². The summed E-state index contributed by atoms with van der Waals surface area (Å²) in [5, 5.41) is 0.0444. The van der Waals surface area contributed by atoms with Gasteiger partial charge in [-0.05, 0) is 12.1 Å². The molecule has 0 radical (unpaired) electrons. The summed E-state index contributed by atoms with van der Waals surface area (Å²) in [6.45, 7) is 0. The molecule has 0 N–H and O–H groups in total. The van der Waals surface area contributed by atoms with Gasteiger partial charge in [-0.1, -0.05) is 23.2 Å². The van der Waals surface area contributed by atoms with Crippen LogP contribution in [0.4, 0.5) is 8.78 Å². The van der Waals surface area contributed by atoms with Crippen LogP contribution >= 0.6 is 23.2 Å². The molecule has 0 spiro atoms.